The number of amides is 2. The molecule has 0 N–H and O–H groups in total. The summed E-state index contributed by atoms with van der Waals surface area (Å²) in [5.74, 6) is 0.829. The monoisotopic (exact) mass is 415 g/mol. The number of nitrogens with zero attached hydrogens (tertiary/aromatic N) is 3. The van der Waals surface area contributed by atoms with Gasteiger partial charge in [0, 0.05) is 45.8 Å². The van der Waals surface area contributed by atoms with Gasteiger partial charge in [-0.2, -0.15) is 0 Å². The Morgan fingerprint density at radius 2 is 1.87 bits per heavy atom. The van der Waals surface area contributed by atoms with E-state index in [2.05, 4.69) is 4.90 Å². The molecule has 0 aliphatic carbocycles. The lowest BCUT2D eigenvalue weighted by molar-refractivity contribution is -0.135. The first-order chi connectivity index (χ1) is 14.6. The Bertz CT molecular complexity index is 765. The lowest BCUT2D eigenvalue weighted by atomic mass is 9.85. The first kappa shape index (κ1) is 21.1. The Hall–Kier alpha value is -2.12. The minimum absolute atomic E-state index is 0.0295. The van der Waals surface area contributed by atoms with E-state index < -0.39 is 5.41 Å². The molecule has 30 heavy (non-hydrogen) atoms. The van der Waals surface area contributed by atoms with Crippen LogP contribution >= 0.6 is 0 Å². The Kier molecular flexibility index (Phi) is 6.58. The van der Waals surface area contributed by atoms with Crippen molar-refractivity contribution in [1.29, 1.82) is 0 Å². The molecule has 1 aromatic carbocycles. The van der Waals surface area contributed by atoms with Crippen LogP contribution in [0.5, 0.6) is 5.75 Å². The smallest absolute Gasteiger partial charge is 0.257 e. The fourth-order valence-electron chi connectivity index (χ4n) is 4.77. The minimum atomic E-state index is -0.403. The van der Waals surface area contributed by atoms with E-state index in [0.29, 0.717) is 31.0 Å². The van der Waals surface area contributed by atoms with Crippen LogP contribution in [0.3, 0.4) is 0 Å². The Balaban J connectivity index is 1.36. The molecule has 0 saturated carbocycles. The maximum atomic E-state index is 13.2. The number of para-hydroxylation sites is 1. The molecule has 0 radical (unpaired) electrons. The largest absolute Gasteiger partial charge is 0.493 e. The van der Waals surface area contributed by atoms with Crippen molar-refractivity contribution in [2.24, 2.45) is 5.41 Å². The van der Waals surface area contributed by atoms with Crippen LogP contribution in [0, 0.1) is 5.41 Å². The van der Waals surface area contributed by atoms with Crippen molar-refractivity contribution >= 4 is 11.8 Å². The zero-order valence-corrected chi connectivity index (χ0v) is 18.0. The molecule has 3 aliphatic heterocycles. The first-order valence-corrected chi connectivity index (χ1v) is 11.2. The lowest BCUT2D eigenvalue weighted by Crippen LogP contribution is -2.43. The van der Waals surface area contributed by atoms with Crippen LogP contribution < -0.4 is 4.74 Å². The third-order valence-electron chi connectivity index (χ3n) is 6.61. The van der Waals surface area contributed by atoms with E-state index in [1.165, 1.54) is 0 Å². The molecule has 4 rings (SSSR count). The molecule has 1 atom stereocenters. The van der Waals surface area contributed by atoms with Crippen LogP contribution in [0.2, 0.25) is 0 Å². The number of benzene rings is 1. The summed E-state index contributed by atoms with van der Waals surface area (Å²) in [5, 5.41) is 0. The van der Waals surface area contributed by atoms with Gasteiger partial charge in [-0.15, -0.1) is 0 Å². The normalized spacial score (nSPS) is 24.8. The molecule has 3 aliphatic rings. The highest BCUT2D eigenvalue weighted by molar-refractivity contribution is 5.98. The third kappa shape index (κ3) is 4.32. The average Bonchev–Trinajstić information content (AvgIpc) is 3.36. The fraction of sp³-hybridized carbons (Fsp3) is 0.652. The number of hydrogen-bond acceptors (Lipinski definition) is 5. The molecule has 1 spiro atoms. The van der Waals surface area contributed by atoms with Gasteiger partial charge >= 0.3 is 0 Å². The third-order valence-corrected chi connectivity index (χ3v) is 6.61. The van der Waals surface area contributed by atoms with Gasteiger partial charge in [-0.05, 0) is 31.4 Å². The summed E-state index contributed by atoms with van der Waals surface area (Å²) in [6.45, 7) is 9.67. The number of hydrogen-bond donors (Lipinski definition) is 0. The van der Waals surface area contributed by atoms with E-state index in [9.17, 15) is 9.59 Å². The van der Waals surface area contributed by atoms with Gasteiger partial charge in [-0.25, -0.2) is 0 Å². The molecule has 7 heteroatoms. The molecule has 164 valence electrons. The minimum Gasteiger partial charge on any atom is -0.493 e. The van der Waals surface area contributed by atoms with Gasteiger partial charge in [-0.3, -0.25) is 14.5 Å². The molecule has 1 unspecified atom stereocenters. The second-order valence-corrected chi connectivity index (χ2v) is 8.60. The molecule has 3 saturated heterocycles. The molecule has 0 bridgehead atoms. The molecule has 2 amide bonds. The summed E-state index contributed by atoms with van der Waals surface area (Å²) >= 11 is 0. The fourth-order valence-corrected chi connectivity index (χ4v) is 4.77. The van der Waals surface area contributed by atoms with Crippen molar-refractivity contribution in [2.75, 3.05) is 65.6 Å². The Morgan fingerprint density at radius 1 is 1.10 bits per heavy atom. The van der Waals surface area contributed by atoms with Gasteiger partial charge in [0.25, 0.3) is 5.91 Å². The molecule has 3 heterocycles. The van der Waals surface area contributed by atoms with Crippen molar-refractivity contribution in [3.8, 4) is 5.75 Å². The number of ether oxygens (including phenoxy) is 2. The summed E-state index contributed by atoms with van der Waals surface area (Å²) in [5.41, 5.74) is 0.192. The van der Waals surface area contributed by atoms with Crippen molar-refractivity contribution in [2.45, 2.75) is 26.2 Å². The summed E-state index contributed by atoms with van der Waals surface area (Å²) in [6.07, 6.45) is 2.49. The zero-order chi connectivity index (χ0) is 21.0. The standard InChI is InChI=1S/C23H33N3O4/c1-2-15-30-20-6-4-3-5-19(20)21(27)26-10-8-23(18-26)7-9-25(22(23)28)12-11-24-13-16-29-17-14-24/h3-6H,2,7-18H2,1H3. The van der Waals surface area contributed by atoms with Crippen molar-refractivity contribution in [3.63, 3.8) is 0 Å². The number of likely N-dealkylation sites (tertiary alicyclic amines) is 2. The quantitative estimate of drug-likeness (QED) is 0.680. The highest BCUT2D eigenvalue weighted by Gasteiger charge is 2.51. The molecule has 3 fully saturated rings. The summed E-state index contributed by atoms with van der Waals surface area (Å²) in [6, 6.07) is 7.43. The van der Waals surface area contributed by atoms with Crippen LogP contribution in [0.1, 0.15) is 36.5 Å². The SMILES string of the molecule is CCCOc1ccccc1C(=O)N1CCC2(CCN(CCN3CCOCC3)C2=O)C1. The van der Waals surface area contributed by atoms with Crippen LogP contribution in [0.4, 0.5) is 0 Å². The van der Waals surface area contributed by atoms with E-state index >= 15 is 0 Å². The molecular formula is C23H33N3O4. The van der Waals surface area contributed by atoms with Crippen LogP contribution in [0.15, 0.2) is 24.3 Å². The predicted molar refractivity (Wildman–Crippen MR) is 114 cm³/mol. The van der Waals surface area contributed by atoms with E-state index in [0.717, 1.165) is 65.2 Å². The van der Waals surface area contributed by atoms with Crippen molar-refractivity contribution < 1.29 is 19.1 Å². The molecule has 7 nitrogen and oxygen atoms in total. The highest BCUT2D eigenvalue weighted by atomic mass is 16.5. The average molecular weight is 416 g/mol. The molecular weight excluding hydrogens is 382 g/mol. The first-order valence-electron chi connectivity index (χ1n) is 11.2. The molecule has 1 aromatic rings. The van der Waals surface area contributed by atoms with Gasteiger partial charge in [-0.1, -0.05) is 19.1 Å². The van der Waals surface area contributed by atoms with E-state index in [1.54, 1.807) is 0 Å². The number of rotatable bonds is 7. The van der Waals surface area contributed by atoms with Crippen LogP contribution in [0.25, 0.3) is 0 Å². The maximum absolute atomic E-state index is 13.2. The van der Waals surface area contributed by atoms with E-state index in [4.69, 9.17) is 9.47 Å². The number of carbonyl (C=O) groups is 2. The zero-order valence-electron chi connectivity index (χ0n) is 18.0. The summed E-state index contributed by atoms with van der Waals surface area (Å²) in [4.78, 5) is 32.6. The maximum Gasteiger partial charge on any atom is 0.257 e. The van der Waals surface area contributed by atoms with Gasteiger partial charge in [0.15, 0.2) is 0 Å². The lowest BCUT2D eigenvalue weighted by Gasteiger charge is -2.29. The predicted octanol–water partition coefficient (Wildman–Crippen LogP) is 1.87. The van der Waals surface area contributed by atoms with Crippen molar-refractivity contribution in [1.82, 2.24) is 14.7 Å². The van der Waals surface area contributed by atoms with E-state index in [-0.39, 0.29) is 11.8 Å². The van der Waals surface area contributed by atoms with Crippen LogP contribution in [-0.4, -0.2) is 92.1 Å². The van der Waals surface area contributed by atoms with Gasteiger partial charge in [0.05, 0.1) is 30.8 Å². The van der Waals surface area contributed by atoms with E-state index in [1.807, 2.05) is 41.0 Å². The van der Waals surface area contributed by atoms with Gasteiger partial charge in [0.2, 0.25) is 5.91 Å². The van der Waals surface area contributed by atoms with Crippen LogP contribution in [-0.2, 0) is 9.53 Å². The van der Waals surface area contributed by atoms with Crippen molar-refractivity contribution in [3.05, 3.63) is 29.8 Å². The Morgan fingerprint density at radius 3 is 2.67 bits per heavy atom. The topological polar surface area (TPSA) is 62.3 Å². The second kappa shape index (κ2) is 9.35. The number of carbonyl (C=O) groups excluding carboxylic acids is 2. The molecule has 0 aromatic heterocycles. The van der Waals surface area contributed by atoms with Gasteiger partial charge < -0.3 is 19.3 Å². The Labute approximate surface area is 178 Å². The summed E-state index contributed by atoms with van der Waals surface area (Å²) < 4.78 is 11.2. The summed E-state index contributed by atoms with van der Waals surface area (Å²) in [7, 11) is 0. The van der Waals surface area contributed by atoms with Gasteiger partial charge in [0.1, 0.15) is 5.75 Å². The number of morpholine rings is 1. The highest BCUT2D eigenvalue weighted by Crippen LogP contribution is 2.41. The second-order valence-electron chi connectivity index (χ2n) is 8.60.